The van der Waals surface area contributed by atoms with Gasteiger partial charge in [-0.2, -0.15) is 0 Å². The molecule has 1 aromatic rings. The zero-order valence-electron chi connectivity index (χ0n) is 12.8. The third kappa shape index (κ3) is 4.71. The monoisotopic (exact) mass is 331 g/mol. The first-order valence-corrected chi connectivity index (χ1v) is 9.37. The molecule has 0 aliphatic rings. The van der Waals surface area contributed by atoms with Gasteiger partial charge in [-0.25, -0.2) is 8.42 Å². The highest BCUT2D eigenvalue weighted by Crippen LogP contribution is 2.20. The number of rotatable bonds is 6. The number of nitrogens with one attached hydrogen (secondary N) is 1. The Hall–Kier alpha value is -1.07. The fraction of sp³-hybridized carbons (Fsp3) is 0.533. The van der Waals surface area contributed by atoms with Crippen LogP contribution in [-0.4, -0.2) is 20.4 Å². The highest BCUT2D eigenvalue weighted by molar-refractivity contribution is 8.13. The van der Waals surface area contributed by atoms with E-state index >= 15 is 0 Å². The largest absolute Gasteiger partial charge is 0.349 e. The number of hydrogen-bond acceptors (Lipinski definition) is 3. The lowest BCUT2D eigenvalue weighted by atomic mass is 9.95. The third-order valence-corrected chi connectivity index (χ3v) is 5.20. The van der Waals surface area contributed by atoms with Gasteiger partial charge in [0.1, 0.15) is 0 Å². The molecule has 21 heavy (non-hydrogen) atoms. The Bertz CT molecular complexity index is 609. The molecule has 0 spiro atoms. The predicted octanol–water partition coefficient (Wildman–Crippen LogP) is 3.48. The first kappa shape index (κ1) is 18.0. The molecule has 0 fully saturated rings. The summed E-state index contributed by atoms with van der Waals surface area (Å²) in [7, 11) is 1.49. The van der Waals surface area contributed by atoms with E-state index in [-0.39, 0.29) is 16.8 Å². The van der Waals surface area contributed by atoms with Gasteiger partial charge in [0.25, 0.3) is 15.0 Å². The van der Waals surface area contributed by atoms with Crippen molar-refractivity contribution >= 4 is 25.6 Å². The van der Waals surface area contributed by atoms with E-state index in [1.165, 1.54) is 12.1 Å². The van der Waals surface area contributed by atoms with Crippen LogP contribution >= 0.6 is 10.7 Å². The summed E-state index contributed by atoms with van der Waals surface area (Å²) in [5, 5.41) is 2.94. The first-order chi connectivity index (χ1) is 9.70. The number of benzene rings is 1. The summed E-state index contributed by atoms with van der Waals surface area (Å²) in [6.45, 7) is 7.90. The van der Waals surface area contributed by atoms with Crippen LogP contribution in [0.5, 0.6) is 0 Å². The summed E-state index contributed by atoms with van der Waals surface area (Å²) in [4.78, 5) is 12.3. The van der Waals surface area contributed by atoms with Gasteiger partial charge in [0.15, 0.2) is 0 Å². The van der Waals surface area contributed by atoms with Crippen molar-refractivity contribution in [3.05, 3.63) is 29.3 Å². The van der Waals surface area contributed by atoms with Gasteiger partial charge >= 0.3 is 0 Å². The Morgan fingerprint density at radius 2 is 1.86 bits per heavy atom. The second kappa shape index (κ2) is 7.27. The SMILES string of the molecule is CCC(CC)C(C)NC(=O)c1cc(S(=O)(=O)Cl)ccc1C. The number of halogens is 1. The average molecular weight is 332 g/mol. The summed E-state index contributed by atoms with van der Waals surface area (Å²) in [5.74, 6) is 0.128. The van der Waals surface area contributed by atoms with Crippen molar-refractivity contribution in [2.45, 2.75) is 51.5 Å². The lowest BCUT2D eigenvalue weighted by Crippen LogP contribution is -2.38. The van der Waals surface area contributed by atoms with E-state index in [4.69, 9.17) is 10.7 Å². The van der Waals surface area contributed by atoms with E-state index in [1.54, 1.807) is 13.0 Å². The standard InChI is InChI=1S/C15H22ClNO3S/c1-5-12(6-2)11(4)17-15(18)14-9-13(21(16,19)20)8-7-10(14)3/h7-9,11-12H,5-6H2,1-4H3,(H,17,18). The maximum Gasteiger partial charge on any atom is 0.261 e. The third-order valence-electron chi connectivity index (χ3n) is 3.85. The maximum atomic E-state index is 12.3. The van der Waals surface area contributed by atoms with Crippen LogP contribution in [0.15, 0.2) is 23.1 Å². The van der Waals surface area contributed by atoms with Crippen molar-refractivity contribution in [3.8, 4) is 0 Å². The summed E-state index contributed by atoms with van der Waals surface area (Å²) in [5.41, 5.74) is 1.06. The molecule has 0 aromatic heterocycles. The van der Waals surface area contributed by atoms with Crippen molar-refractivity contribution in [3.63, 3.8) is 0 Å². The topological polar surface area (TPSA) is 63.2 Å². The van der Waals surface area contributed by atoms with Gasteiger partial charge in [0.2, 0.25) is 0 Å². The quantitative estimate of drug-likeness (QED) is 0.812. The molecule has 0 saturated heterocycles. The minimum absolute atomic E-state index is 0.0307. The molecule has 0 radical (unpaired) electrons. The molecule has 118 valence electrons. The van der Waals surface area contributed by atoms with Gasteiger partial charge in [-0.05, 0) is 37.5 Å². The van der Waals surface area contributed by atoms with Crippen LogP contribution in [0.25, 0.3) is 0 Å². The normalized spacial score (nSPS) is 13.2. The fourth-order valence-corrected chi connectivity index (χ4v) is 3.17. The summed E-state index contributed by atoms with van der Waals surface area (Å²) < 4.78 is 22.8. The molecule has 1 rings (SSSR count). The van der Waals surface area contributed by atoms with Crippen molar-refractivity contribution in [1.29, 1.82) is 0 Å². The maximum absolute atomic E-state index is 12.3. The lowest BCUT2D eigenvalue weighted by Gasteiger charge is -2.23. The summed E-state index contributed by atoms with van der Waals surface area (Å²) in [6.07, 6.45) is 1.96. The molecule has 1 N–H and O–H groups in total. The highest BCUT2D eigenvalue weighted by atomic mass is 35.7. The molecular weight excluding hydrogens is 310 g/mol. The molecule has 4 nitrogen and oxygen atoms in total. The number of aryl methyl sites for hydroxylation is 1. The van der Waals surface area contributed by atoms with Crippen LogP contribution in [-0.2, 0) is 9.05 Å². The van der Waals surface area contributed by atoms with Crippen LogP contribution in [0.3, 0.4) is 0 Å². The van der Waals surface area contributed by atoms with Crippen LogP contribution in [0.2, 0.25) is 0 Å². The Balaban J connectivity index is 3.02. The summed E-state index contributed by atoms with van der Waals surface area (Å²) in [6, 6.07) is 4.35. The molecule has 1 atom stereocenters. The Morgan fingerprint density at radius 1 is 1.29 bits per heavy atom. The Labute approximate surface area is 131 Å². The molecule has 1 unspecified atom stereocenters. The number of carbonyl (C=O) groups is 1. The first-order valence-electron chi connectivity index (χ1n) is 7.06. The lowest BCUT2D eigenvalue weighted by molar-refractivity contribution is 0.0924. The molecule has 0 aliphatic heterocycles. The molecule has 1 aromatic carbocycles. The van der Waals surface area contributed by atoms with Crippen molar-refractivity contribution in [2.24, 2.45) is 5.92 Å². The van der Waals surface area contributed by atoms with Crippen molar-refractivity contribution in [2.75, 3.05) is 0 Å². The molecule has 1 amide bonds. The van der Waals surface area contributed by atoms with E-state index < -0.39 is 9.05 Å². The second-order valence-electron chi connectivity index (χ2n) is 5.25. The van der Waals surface area contributed by atoms with Crippen LogP contribution < -0.4 is 5.32 Å². The van der Waals surface area contributed by atoms with Gasteiger partial charge in [-0.1, -0.05) is 32.8 Å². The number of hydrogen-bond donors (Lipinski definition) is 1. The molecule has 0 bridgehead atoms. The molecule has 6 heteroatoms. The van der Waals surface area contributed by atoms with Crippen LogP contribution in [0, 0.1) is 12.8 Å². The summed E-state index contributed by atoms with van der Waals surface area (Å²) >= 11 is 0. The van der Waals surface area contributed by atoms with Gasteiger partial charge in [0, 0.05) is 22.3 Å². The smallest absolute Gasteiger partial charge is 0.261 e. The zero-order valence-corrected chi connectivity index (χ0v) is 14.4. The second-order valence-corrected chi connectivity index (χ2v) is 7.82. The number of amides is 1. The van der Waals surface area contributed by atoms with Crippen LogP contribution in [0.1, 0.15) is 49.5 Å². The molecule has 0 saturated carbocycles. The van der Waals surface area contributed by atoms with Gasteiger partial charge in [-0.3, -0.25) is 4.79 Å². The predicted molar refractivity (Wildman–Crippen MR) is 85.2 cm³/mol. The molecule has 0 aliphatic carbocycles. The van der Waals surface area contributed by atoms with E-state index in [9.17, 15) is 13.2 Å². The zero-order chi connectivity index (χ0) is 16.2. The van der Waals surface area contributed by atoms with Crippen LogP contribution in [0.4, 0.5) is 0 Å². The van der Waals surface area contributed by atoms with E-state index in [0.29, 0.717) is 17.0 Å². The highest BCUT2D eigenvalue weighted by Gasteiger charge is 2.20. The van der Waals surface area contributed by atoms with E-state index in [1.807, 2.05) is 6.92 Å². The van der Waals surface area contributed by atoms with Gasteiger partial charge in [0.05, 0.1) is 4.90 Å². The minimum atomic E-state index is -3.84. The molecule has 0 heterocycles. The minimum Gasteiger partial charge on any atom is -0.349 e. The van der Waals surface area contributed by atoms with Gasteiger partial charge in [-0.15, -0.1) is 0 Å². The fourth-order valence-electron chi connectivity index (χ4n) is 2.40. The van der Waals surface area contributed by atoms with Gasteiger partial charge < -0.3 is 5.32 Å². The number of carbonyl (C=O) groups excluding carboxylic acids is 1. The van der Waals surface area contributed by atoms with E-state index in [2.05, 4.69) is 19.2 Å². The van der Waals surface area contributed by atoms with Crippen molar-refractivity contribution < 1.29 is 13.2 Å². The molecular formula is C15H22ClNO3S. The Morgan fingerprint density at radius 3 is 2.33 bits per heavy atom. The van der Waals surface area contributed by atoms with Crippen molar-refractivity contribution in [1.82, 2.24) is 5.32 Å². The van der Waals surface area contributed by atoms with E-state index in [0.717, 1.165) is 12.8 Å². The Kier molecular flexibility index (Phi) is 6.23. The average Bonchev–Trinajstić information content (AvgIpc) is 2.39.